The number of carbonyl (C=O) groups excluding carboxylic acids is 1. The van der Waals surface area contributed by atoms with Crippen molar-refractivity contribution < 1.29 is 9.32 Å². The Hall–Kier alpha value is -1.88. The average Bonchev–Trinajstić information content (AvgIpc) is 2.88. The molecule has 0 aliphatic carbocycles. The highest BCUT2D eigenvalue weighted by Gasteiger charge is 2.09. The summed E-state index contributed by atoms with van der Waals surface area (Å²) in [5.41, 5.74) is 2.00. The molecule has 2 rings (SSSR count). The Morgan fingerprint density at radius 3 is 2.95 bits per heavy atom. The van der Waals surface area contributed by atoms with E-state index in [1.54, 1.807) is 18.2 Å². The molecule has 100 valence electrons. The first-order valence-electron chi connectivity index (χ1n) is 6.03. The molecule has 1 N–H and O–H groups in total. The Kier molecular flexibility index (Phi) is 4.52. The van der Waals surface area contributed by atoms with Gasteiger partial charge in [0.25, 0.3) is 5.91 Å². The SMILES string of the molecule is CCCc1cc(C(=O)NCc2ccon2)cc(Cl)n1. The molecule has 2 aromatic heterocycles. The van der Waals surface area contributed by atoms with E-state index in [2.05, 4.69) is 15.5 Å². The predicted octanol–water partition coefficient (Wildman–Crippen LogP) is 2.61. The van der Waals surface area contributed by atoms with Crippen LogP contribution in [0.4, 0.5) is 0 Å². The van der Waals surface area contributed by atoms with Crippen molar-refractivity contribution in [2.24, 2.45) is 0 Å². The number of nitrogens with one attached hydrogen (secondary N) is 1. The molecule has 0 bridgehead atoms. The first kappa shape index (κ1) is 13.5. The maximum atomic E-state index is 12.0. The van der Waals surface area contributed by atoms with E-state index in [1.807, 2.05) is 6.92 Å². The Bertz CT molecular complexity index is 555. The third-order valence-corrected chi connectivity index (χ3v) is 2.73. The van der Waals surface area contributed by atoms with Crippen molar-refractivity contribution in [1.82, 2.24) is 15.5 Å². The average molecular weight is 280 g/mol. The van der Waals surface area contributed by atoms with Gasteiger partial charge in [-0.2, -0.15) is 0 Å². The number of carbonyl (C=O) groups is 1. The number of hydrogen-bond donors (Lipinski definition) is 1. The maximum absolute atomic E-state index is 12.0. The van der Waals surface area contributed by atoms with E-state index in [0.717, 1.165) is 18.5 Å². The number of hydrogen-bond acceptors (Lipinski definition) is 4. The molecule has 6 heteroatoms. The van der Waals surface area contributed by atoms with Gasteiger partial charge in [-0.1, -0.05) is 30.1 Å². The van der Waals surface area contributed by atoms with Gasteiger partial charge >= 0.3 is 0 Å². The molecule has 0 unspecified atom stereocenters. The summed E-state index contributed by atoms with van der Waals surface area (Å²) in [5.74, 6) is -0.204. The second-order valence-corrected chi connectivity index (χ2v) is 4.48. The first-order valence-corrected chi connectivity index (χ1v) is 6.40. The molecule has 0 fully saturated rings. The molecule has 0 aliphatic heterocycles. The van der Waals surface area contributed by atoms with Gasteiger partial charge in [0.15, 0.2) is 0 Å². The summed E-state index contributed by atoms with van der Waals surface area (Å²) in [6, 6.07) is 5.01. The number of nitrogens with zero attached hydrogens (tertiary/aromatic N) is 2. The number of halogens is 1. The van der Waals surface area contributed by atoms with Gasteiger partial charge in [-0.3, -0.25) is 4.79 Å². The van der Waals surface area contributed by atoms with Crippen molar-refractivity contribution in [3.8, 4) is 0 Å². The fourth-order valence-corrected chi connectivity index (χ4v) is 1.89. The van der Waals surface area contributed by atoms with Crippen LogP contribution in [0.1, 0.15) is 35.1 Å². The highest BCUT2D eigenvalue weighted by Crippen LogP contribution is 2.12. The predicted molar refractivity (Wildman–Crippen MR) is 70.9 cm³/mol. The molecule has 0 aromatic carbocycles. The highest BCUT2D eigenvalue weighted by molar-refractivity contribution is 6.29. The van der Waals surface area contributed by atoms with E-state index in [-0.39, 0.29) is 5.91 Å². The van der Waals surface area contributed by atoms with Crippen LogP contribution in [-0.2, 0) is 13.0 Å². The zero-order valence-corrected chi connectivity index (χ0v) is 11.3. The Balaban J connectivity index is 2.05. The molecule has 5 nitrogen and oxygen atoms in total. The van der Waals surface area contributed by atoms with Crippen LogP contribution in [0.15, 0.2) is 29.0 Å². The normalized spacial score (nSPS) is 10.4. The maximum Gasteiger partial charge on any atom is 0.251 e. The van der Waals surface area contributed by atoms with E-state index >= 15 is 0 Å². The lowest BCUT2D eigenvalue weighted by atomic mass is 10.1. The van der Waals surface area contributed by atoms with Crippen molar-refractivity contribution in [3.05, 3.63) is 46.6 Å². The second-order valence-electron chi connectivity index (χ2n) is 4.09. The summed E-state index contributed by atoms with van der Waals surface area (Å²) < 4.78 is 4.69. The smallest absolute Gasteiger partial charge is 0.251 e. The Morgan fingerprint density at radius 2 is 2.26 bits per heavy atom. The Labute approximate surface area is 116 Å². The van der Waals surface area contributed by atoms with E-state index in [0.29, 0.717) is 23.0 Å². The lowest BCUT2D eigenvalue weighted by Crippen LogP contribution is -2.23. The number of pyridine rings is 1. The van der Waals surface area contributed by atoms with E-state index < -0.39 is 0 Å². The minimum atomic E-state index is -0.204. The van der Waals surface area contributed by atoms with Crippen LogP contribution in [0, 0.1) is 0 Å². The zero-order chi connectivity index (χ0) is 13.7. The van der Waals surface area contributed by atoms with Crippen LogP contribution < -0.4 is 5.32 Å². The minimum Gasteiger partial charge on any atom is -0.364 e. The van der Waals surface area contributed by atoms with Crippen molar-refractivity contribution in [2.75, 3.05) is 0 Å². The highest BCUT2D eigenvalue weighted by atomic mass is 35.5. The molecule has 0 saturated carbocycles. The second kappa shape index (κ2) is 6.33. The molecule has 0 aliphatic rings. The van der Waals surface area contributed by atoms with E-state index in [9.17, 15) is 4.79 Å². The summed E-state index contributed by atoms with van der Waals surface area (Å²) >= 11 is 5.91. The number of aryl methyl sites for hydroxylation is 1. The molecule has 2 aromatic rings. The third kappa shape index (κ3) is 3.79. The fourth-order valence-electron chi connectivity index (χ4n) is 1.67. The van der Waals surface area contributed by atoms with Gasteiger partial charge in [-0.15, -0.1) is 0 Å². The van der Waals surface area contributed by atoms with Gasteiger partial charge in [0, 0.05) is 17.3 Å². The molecule has 0 atom stereocenters. The molecular weight excluding hydrogens is 266 g/mol. The van der Waals surface area contributed by atoms with Gasteiger partial charge < -0.3 is 9.84 Å². The van der Waals surface area contributed by atoms with Gasteiger partial charge in [-0.05, 0) is 18.6 Å². The summed E-state index contributed by atoms with van der Waals surface area (Å²) in [6.07, 6.45) is 3.21. The largest absolute Gasteiger partial charge is 0.364 e. The van der Waals surface area contributed by atoms with Crippen molar-refractivity contribution in [2.45, 2.75) is 26.3 Å². The Morgan fingerprint density at radius 1 is 1.42 bits per heavy atom. The summed E-state index contributed by atoms with van der Waals surface area (Å²) in [7, 11) is 0. The molecule has 2 heterocycles. The number of rotatable bonds is 5. The lowest BCUT2D eigenvalue weighted by molar-refractivity contribution is 0.0950. The van der Waals surface area contributed by atoms with Gasteiger partial charge in [0.1, 0.15) is 17.1 Å². The van der Waals surface area contributed by atoms with Crippen LogP contribution in [-0.4, -0.2) is 16.0 Å². The van der Waals surface area contributed by atoms with Gasteiger partial charge in [0.05, 0.1) is 6.54 Å². The van der Waals surface area contributed by atoms with Crippen LogP contribution in [0.25, 0.3) is 0 Å². The quantitative estimate of drug-likeness (QED) is 0.854. The lowest BCUT2D eigenvalue weighted by Gasteiger charge is -2.06. The van der Waals surface area contributed by atoms with Gasteiger partial charge in [-0.25, -0.2) is 4.98 Å². The standard InChI is InChI=1S/C13H14ClN3O2/c1-2-3-10-6-9(7-12(14)16-10)13(18)15-8-11-4-5-19-17-11/h4-7H,2-3,8H2,1H3,(H,15,18). The van der Waals surface area contributed by atoms with Crippen LogP contribution in [0.2, 0.25) is 5.15 Å². The zero-order valence-electron chi connectivity index (χ0n) is 10.5. The van der Waals surface area contributed by atoms with Crippen molar-refractivity contribution >= 4 is 17.5 Å². The topological polar surface area (TPSA) is 68.0 Å². The third-order valence-electron chi connectivity index (χ3n) is 2.54. The molecular formula is C13H14ClN3O2. The summed E-state index contributed by atoms with van der Waals surface area (Å²) in [4.78, 5) is 16.2. The van der Waals surface area contributed by atoms with Crippen LogP contribution in [0.3, 0.4) is 0 Å². The number of aromatic nitrogens is 2. The van der Waals surface area contributed by atoms with E-state index in [4.69, 9.17) is 16.1 Å². The van der Waals surface area contributed by atoms with Crippen molar-refractivity contribution in [3.63, 3.8) is 0 Å². The number of amides is 1. The molecule has 19 heavy (non-hydrogen) atoms. The van der Waals surface area contributed by atoms with Crippen molar-refractivity contribution in [1.29, 1.82) is 0 Å². The minimum absolute atomic E-state index is 0.204. The molecule has 0 spiro atoms. The van der Waals surface area contributed by atoms with E-state index in [1.165, 1.54) is 6.26 Å². The van der Waals surface area contributed by atoms with Gasteiger partial charge in [0.2, 0.25) is 0 Å². The summed E-state index contributed by atoms with van der Waals surface area (Å²) in [5, 5.41) is 6.80. The van der Waals surface area contributed by atoms with Crippen LogP contribution in [0.5, 0.6) is 0 Å². The fraction of sp³-hybridized carbons (Fsp3) is 0.308. The molecule has 1 amide bonds. The van der Waals surface area contributed by atoms with Crippen LogP contribution >= 0.6 is 11.6 Å². The first-order chi connectivity index (χ1) is 9.19. The summed E-state index contributed by atoms with van der Waals surface area (Å²) in [6.45, 7) is 2.37. The molecule has 0 saturated heterocycles. The monoisotopic (exact) mass is 279 g/mol. The molecule has 0 radical (unpaired) electrons.